The van der Waals surface area contributed by atoms with Crippen molar-refractivity contribution in [1.29, 1.82) is 0 Å². The number of ether oxygens (including phenoxy) is 1. The lowest BCUT2D eigenvalue weighted by Gasteiger charge is -2.33. The maximum absolute atomic E-state index is 9.85. The smallest absolute Gasteiger partial charge is 0.120 e. The fourth-order valence-corrected chi connectivity index (χ4v) is 2.91. The van der Waals surface area contributed by atoms with Gasteiger partial charge in [-0.3, -0.25) is 0 Å². The Bertz CT molecular complexity index is 407. The highest BCUT2D eigenvalue weighted by molar-refractivity contribution is 5.50. The summed E-state index contributed by atoms with van der Waals surface area (Å²) in [5.74, 6) is 1.61. The molecule has 2 N–H and O–H groups in total. The van der Waals surface area contributed by atoms with E-state index in [-0.39, 0.29) is 12.1 Å². The van der Waals surface area contributed by atoms with Crippen LogP contribution in [0.1, 0.15) is 39.0 Å². The van der Waals surface area contributed by atoms with Gasteiger partial charge in [0.05, 0.1) is 19.3 Å². The highest BCUT2D eigenvalue weighted by Gasteiger charge is 2.31. The number of rotatable bonds is 4. The van der Waals surface area contributed by atoms with Crippen molar-refractivity contribution in [2.45, 2.75) is 44.6 Å². The summed E-state index contributed by atoms with van der Waals surface area (Å²) >= 11 is 0. The molecule has 0 spiro atoms. The first-order valence-corrected chi connectivity index (χ1v) is 7.20. The third-order valence-electron chi connectivity index (χ3n) is 4.25. The minimum Gasteiger partial charge on any atom is -0.497 e. The average molecular weight is 263 g/mol. The molecule has 0 saturated heterocycles. The van der Waals surface area contributed by atoms with E-state index in [1.165, 1.54) is 19.3 Å². The van der Waals surface area contributed by atoms with E-state index in [2.05, 4.69) is 12.2 Å². The molecule has 0 aliphatic heterocycles. The minimum absolute atomic E-state index is 0.170. The predicted molar refractivity (Wildman–Crippen MR) is 78.7 cm³/mol. The zero-order valence-electron chi connectivity index (χ0n) is 12.0. The quantitative estimate of drug-likeness (QED) is 0.818. The molecular formula is C16H25NO2. The Hall–Kier alpha value is -1.22. The van der Waals surface area contributed by atoms with Crippen LogP contribution in [0.5, 0.6) is 5.75 Å². The summed E-state index contributed by atoms with van der Waals surface area (Å²) in [6.07, 6.45) is 5.69. The minimum atomic E-state index is -0.170. The van der Waals surface area contributed by atoms with E-state index in [1.807, 2.05) is 24.3 Å². The first-order valence-electron chi connectivity index (χ1n) is 7.20. The molecule has 106 valence electrons. The SMILES string of the molecule is COc1cccc(NC2(CO)CCCC(C)CC2)c1. The maximum atomic E-state index is 9.85. The normalized spacial score (nSPS) is 27.6. The number of aliphatic hydroxyl groups excluding tert-OH is 1. The van der Waals surface area contributed by atoms with Crippen LogP contribution >= 0.6 is 0 Å². The molecule has 0 bridgehead atoms. The van der Waals surface area contributed by atoms with Gasteiger partial charge >= 0.3 is 0 Å². The molecule has 0 aromatic heterocycles. The molecule has 2 unspecified atom stereocenters. The summed E-state index contributed by atoms with van der Waals surface area (Å²) in [5, 5.41) is 13.4. The third-order valence-corrected chi connectivity index (χ3v) is 4.25. The molecule has 2 rings (SSSR count). The second kappa shape index (κ2) is 6.29. The zero-order valence-corrected chi connectivity index (χ0v) is 12.0. The van der Waals surface area contributed by atoms with Gasteiger partial charge in [-0.15, -0.1) is 0 Å². The maximum Gasteiger partial charge on any atom is 0.120 e. The number of benzene rings is 1. The summed E-state index contributed by atoms with van der Waals surface area (Å²) in [6, 6.07) is 7.94. The van der Waals surface area contributed by atoms with Crippen molar-refractivity contribution in [1.82, 2.24) is 0 Å². The molecule has 1 aromatic carbocycles. The van der Waals surface area contributed by atoms with Crippen LogP contribution in [0.4, 0.5) is 5.69 Å². The summed E-state index contributed by atoms with van der Waals surface area (Å²) in [4.78, 5) is 0. The molecular weight excluding hydrogens is 238 g/mol. The Balaban J connectivity index is 2.12. The van der Waals surface area contributed by atoms with Crippen molar-refractivity contribution in [3.63, 3.8) is 0 Å². The zero-order chi connectivity index (χ0) is 13.7. The van der Waals surface area contributed by atoms with Crippen molar-refractivity contribution in [3.05, 3.63) is 24.3 Å². The van der Waals surface area contributed by atoms with Crippen LogP contribution in [-0.2, 0) is 0 Å². The standard InChI is InChI=1S/C16H25NO2/c1-13-5-4-9-16(12-18,10-8-13)17-14-6-3-7-15(11-14)19-2/h3,6-7,11,13,17-18H,4-5,8-10,12H2,1-2H3. The fourth-order valence-electron chi connectivity index (χ4n) is 2.91. The first kappa shape index (κ1) is 14.2. The van der Waals surface area contributed by atoms with E-state index >= 15 is 0 Å². The summed E-state index contributed by atoms with van der Waals surface area (Å²) < 4.78 is 5.25. The van der Waals surface area contributed by atoms with Gasteiger partial charge in [-0.05, 0) is 37.3 Å². The van der Waals surface area contributed by atoms with Gasteiger partial charge in [0.25, 0.3) is 0 Å². The van der Waals surface area contributed by atoms with Crippen molar-refractivity contribution in [2.24, 2.45) is 5.92 Å². The number of hydrogen-bond donors (Lipinski definition) is 2. The van der Waals surface area contributed by atoms with E-state index in [0.29, 0.717) is 0 Å². The molecule has 1 fully saturated rings. The summed E-state index contributed by atoms with van der Waals surface area (Å²) in [7, 11) is 1.67. The molecule has 1 saturated carbocycles. The van der Waals surface area contributed by atoms with Gasteiger partial charge in [0, 0.05) is 11.8 Å². The molecule has 3 nitrogen and oxygen atoms in total. The lowest BCUT2D eigenvalue weighted by Crippen LogP contribution is -2.41. The van der Waals surface area contributed by atoms with Crippen LogP contribution in [-0.4, -0.2) is 24.4 Å². The van der Waals surface area contributed by atoms with Crippen LogP contribution in [0, 0.1) is 5.92 Å². The van der Waals surface area contributed by atoms with E-state index in [9.17, 15) is 5.11 Å². The second-order valence-corrected chi connectivity index (χ2v) is 5.83. The number of methoxy groups -OCH3 is 1. The Kier molecular flexibility index (Phi) is 4.70. The van der Waals surface area contributed by atoms with Gasteiger partial charge < -0.3 is 15.2 Å². The molecule has 1 aliphatic rings. The lowest BCUT2D eigenvalue weighted by molar-refractivity contribution is 0.194. The highest BCUT2D eigenvalue weighted by atomic mass is 16.5. The van der Waals surface area contributed by atoms with Crippen molar-refractivity contribution < 1.29 is 9.84 Å². The van der Waals surface area contributed by atoms with Crippen molar-refractivity contribution in [2.75, 3.05) is 19.0 Å². The first-order chi connectivity index (χ1) is 9.17. The van der Waals surface area contributed by atoms with Gasteiger partial charge in [-0.2, -0.15) is 0 Å². The van der Waals surface area contributed by atoms with Gasteiger partial charge in [0.15, 0.2) is 0 Å². The number of aliphatic hydroxyl groups is 1. The second-order valence-electron chi connectivity index (χ2n) is 5.83. The Labute approximate surface area is 116 Å². The van der Waals surface area contributed by atoms with Gasteiger partial charge in [0.1, 0.15) is 5.75 Å². The van der Waals surface area contributed by atoms with Gasteiger partial charge in [0.2, 0.25) is 0 Å². The molecule has 1 aliphatic carbocycles. The van der Waals surface area contributed by atoms with Crippen LogP contribution in [0.15, 0.2) is 24.3 Å². The van der Waals surface area contributed by atoms with Gasteiger partial charge in [-0.1, -0.05) is 25.8 Å². The van der Waals surface area contributed by atoms with E-state index < -0.39 is 0 Å². The monoisotopic (exact) mass is 263 g/mol. The molecule has 0 amide bonds. The van der Waals surface area contributed by atoms with Crippen LogP contribution in [0.2, 0.25) is 0 Å². The average Bonchev–Trinajstić information content (AvgIpc) is 2.62. The Morgan fingerprint density at radius 1 is 1.37 bits per heavy atom. The van der Waals surface area contributed by atoms with Crippen molar-refractivity contribution >= 4 is 5.69 Å². The van der Waals surface area contributed by atoms with E-state index in [0.717, 1.165) is 30.2 Å². The largest absolute Gasteiger partial charge is 0.497 e. The molecule has 19 heavy (non-hydrogen) atoms. The number of nitrogens with one attached hydrogen (secondary N) is 1. The Morgan fingerprint density at radius 3 is 2.95 bits per heavy atom. The van der Waals surface area contributed by atoms with E-state index in [1.54, 1.807) is 7.11 Å². The topological polar surface area (TPSA) is 41.5 Å². The molecule has 0 heterocycles. The molecule has 2 atom stereocenters. The Morgan fingerprint density at radius 2 is 2.21 bits per heavy atom. The number of anilines is 1. The third kappa shape index (κ3) is 3.63. The summed E-state index contributed by atoms with van der Waals surface area (Å²) in [6.45, 7) is 2.50. The van der Waals surface area contributed by atoms with Crippen LogP contribution in [0.25, 0.3) is 0 Å². The van der Waals surface area contributed by atoms with Crippen LogP contribution < -0.4 is 10.1 Å². The highest BCUT2D eigenvalue weighted by Crippen LogP contribution is 2.33. The van der Waals surface area contributed by atoms with Gasteiger partial charge in [-0.25, -0.2) is 0 Å². The van der Waals surface area contributed by atoms with Crippen LogP contribution in [0.3, 0.4) is 0 Å². The lowest BCUT2D eigenvalue weighted by atomic mass is 9.90. The summed E-state index contributed by atoms with van der Waals surface area (Å²) in [5.41, 5.74) is 0.861. The molecule has 3 heteroatoms. The molecule has 1 aromatic rings. The van der Waals surface area contributed by atoms with E-state index in [4.69, 9.17) is 4.74 Å². The predicted octanol–water partition coefficient (Wildman–Crippen LogP) is 3.44. The fraction of sp³-hybridized carbons (Fsp3) is 0.625. The molecule has 0 radical (unpaired) electrons. The van der Waals surface area contributed by atoms with Crippen molar-refractivity contribution in [3.8, 4) is 5.75 Å². The number of hydrogen-bond acceptors (Lipinski definition) is 3.